The number of rotatable bonds is 4. The monoisotopic (exact) mass is 320 g/mol. The zero-order valence-electron chi connectivity index (χ0n) is 8.94. The van der Waals surface area contributed by atoms with Gasteiger partial charge in [-0.3, -0.25) is 14.6 Å². The van der Waals surface area contributed by atoms with Crippen molar-refractivity contribution in [3.63, 3.8) is 0 Å². The molecule has 0 aliphatic carbocycles. The number of carbonyl (C=O) groups excluding carboxylic acids is 2. The summed E-state index contributed by atoms with van der Waals surface area (Å²) >= 11 is 8.88. The van der Waals surface area contributed by atoms with E-state index in [9.17, 15) is 9.59 Å². The predicted molar refractivity (Wildman–Crippen MR) is 65.9 cm³/mol. The lowest BCUT2D eigenvalue weighted by Gasteiger charge is -2.08. The number of esters is 1. The number of halogens is 2. The standard InChI is InChI=1S/C10H10BrClN2O3/c1-17-10(16)8(12)5-14-9(15)6-2-7(11)4-13-3-6/h2-4,8H,5H2,1H3,(H,14,15). The van der Waals surface area contributed by atoms with Crippen LogP contribution < -0.4 is 5.32 Å². The molecule has 1 amide bonds. The van der Waals surface area contributed by atoms with Crippen molar-refractivity contribution in [1.82, 2.24) is 10.3 Å². The van der Waals surface area contributed by atoms with Crippen LogP contribution in [-0.2, 0) is 9.53 Å². The maximum atomic E-state index is 11.6. The van der Waals surface area contributed by atoms with Crippen LogP contribution in [0.15, 0.2) is 22.9 Å². The number of carbonyl (C=O) groups is 2. The number of nitrogens with one attached hydrogen (secondary N) is 1. The van der Waals surface area contributed by atoms with E-state index < -0.39 is 11.3 Å². The first-order valence-corrected chi connectivity index (χ1v) is 5.88. The molecule has 1 N–H and O–H groups in total. The predicted octanol–water partition coefficient (Wildman–Crippen LogP) is 1.35. The molecule has 1 rings (SSSR count). The van der Waals surface area contributed by atoms with E-state index in [4.69, 9.17) is 11.6 Å². The summed E-state index contributed by atoms with van der Waals surface area (Å²) in [5.74, 6) is -0.937. The van der Waals surface area contributed by atoms with Crippen LogP contribution in [0.2, 0.25) is 0 Å². The second-order valence-electron chi connectivity index (χ2n) is 3.09. The molecule has 1 atom stereocenters. The number of hydrogen-bond donors (Lipinski definition) is 1. The quantitative estimate of drug-likeness (QED) is 0.671. The van der Waals surface area contributed by atoms with E-state index in [1.165, 1.54) is 13.3 Å². The molecular formula is C10H10BrClN2O3. The van der Waals surface area contributed by atoms with E-state index in [0.29, 0.717) is 10.0 Å². The smallest absolute Gasteiger partial charge is 0.325 e. The fraction of sp³-hybridized carbons (Fsp3) is 0.300. The van der Waals surface area contributed by atoms with Gasteiger partial charge in [-0.05, 0) is 22.0 Å². The van der Waals surface area contributed by atoms with Crippen LogP contribution >= 0.6 is 27.5 Å². The van der Waals surface area contributed by atoms with Crippen LogP contribution in [0, 0.1) is 0 Å². The van der Waals surface area contributed by atoms with Crippen molar-refractivity contribution in [2.45, 2.75) is 5.38 Å². The Morgan fingerprint density at radius 2 is 2.29 bits per heavy atom. The highest BCUT2D eigenvalue weighted by atomic mass is 79.9. The number of aromatic nitrogens is 1. The van der Waals surface area contributed by atoms with E-state index in [0.717, 1.165) is 0 Å². The minimum Gasteiger partial charge on any atom is -0.468 e. The average Bonchev–Trinajstić information content (AvgIpc) is 2.34. The van der Waals surface area contributed by atoms with E-state index in [1.807, 2.05) is 0 Å². The van der Waals surface area contributed by atoms with Gasteiger partial charge in [-0.2, -0.15) is 0 Å². The molecular weight excluding hydrogens is 311 g/mol. The number of amides is 1. The zero-order valence-corrected chi connectivity index (χ0v) is 11.3. The highest BCUT2D eigenvalue weighted by Crippen LogP contribution is 2.09. The molecule has 0 aliphatic rings. The van der Waals surface area contributed by atoms with Gasteiger partial charge in [0.2, 0.25) is 0 Å². The molecule has 92 valence electrons. The second-order valence-corrected chi connectivity index (χ2v) is 4.54. The van der Waals surface area contributed by atoms with Crippen molar-refractivity contribution in [3.8, 4) is 0 Å². The molecule has 17 heavy (non-hydrogen) atoms. The summed E-state index contributed by atoms with van der Waals surface area (Å²) < 4.78 is 5.12. The number of alkyl halides is 1. The summed E-state index contributed by atoms with van der Waals surface area (Å²) in [4.78, 5) is 26.5. The summed E-state index contributed by atoms with van der Waals surface area (Å²) in [6.45, 7) is -0.000421. The Kier molecular flexibility index (Phi) is 5.37. The Bertz CT molecular complexity index is 428. The maximum absolute atomic E-state index is 11.6. The van der Waals surface area contributed by atoms with Crippen LogP contribution in [0.3, 0.4) is 0 Å². The fourth-order valence-corrected chi connectivity index (χ4v) is 1.56. The molecule has 5 nitrogen and oxygen atoms in total. The van der Waals surface area contributed by atoms with Gasteiger partial charge in [-0.1, -0.05) is 0 Å². The Labute approximate surface area is 112 Å². The molecule has 1 aromatic rings. The Morgan fingerprint density at radius 1 is 1.59 bits per heavy atom. The van der Waals surface area contributed by atoms with Crippen molar-refractivity contribution in [2.24, 2.45) is 0 Å². The van der Waals surface area contributed by atoms with E-state index in [1.54, 1.807) is 12.3 Å². The summed E-state index contributed by atoms with van der Waals surface area (Å²) in [5, 5.41) is 1.61. The van der Waals surface area contributed by atoms with Gasteiger partial charge in [0.25, 0.3) is 5.91 Å². The lowest BCUT2D eigenvalue weighted by atomic mass is 10.2. The third-order valence-electron chi connectivity index (χ3n) is 1.87. The highest BCUT2D eigenvalue weighted by Gasteiger charge is 2.17. The summed E-state index contributed by atoms with van der Waals surface area (Å²) in [7, 11) is 1.23. The van der Waals surface area contributed by atoms with Crippen molar-refractivity contribution in [1.29, 1.82) is 0 Å². The zero-order chi connectivity index (χ0) is 12.8. The van der Waals surface area contributed by atoms with Gasteiger partial charge in [0.1, 0.15) is 5.38 Å². The van der Waals surface area contributed by atoms with Crippen molar-refractivity contribution >= 4 is 39.4 Å². The minimum atomic E-state index is -0.899. The van der Waals surface area contributed by atoms with Gasteiger partial charge < -0.3 is 10.1 Å². The topological polar surface area (TPSA) is 68.3 Å². The molecule has 0 fully saturated rings. The first-order chi connectivity index (χ1) is 8.04. The molecule has 7 heteroatoms. The van der Waals surface area contributed by atoms with E-state index in [-0.39, 0.29) is 12.5 Å². The lowest BCUT2D eigenvalue weighted by Crippen LogP contribution is -2.34. The van der Waals surface area contributed by atoms with Crippen LogP contribution in [0.1, 0.15) is 10.4 Å². The fourth-order valence-electron chi connectivity index (χ4n) is 1.03. The molecule has 0 saturated carbocycles. The third-order valence-corrected chi connectivity index (χ3v) is 2.63. The summed E-state index contributed by atoms with van der Waals surface area (Å²) in [6, 6.07) is 1.61. The minimum absolute atomic E-state index is 0.000421. The number of nitrogens with zero attached hydrogens (tertiary/aromatic N) is 1. The molecule has 1 heterocycles. The van der Waals surface area contributed by atoms with Gasteiger partial charge in [-0.15, -0.1) is 11.6 Å². The Hall–Kier alpha value is -1.14. The largest absolute Gasteiger partial charge is 0.468 e. The van der Waals surface area contributed by atoms with Gasteiger partial charge in [0.05, 0.1) is 12.7 Å². The van der Waals surface area contributed by atoms with Crippen molar-refractivity contribution in [3.05, 3.63) is 28.5 Å². The number of hydrogen-bond acceptors (Lipinski definition) is 4. The van der Waals surface area contributed by atoms with Crippen LogP contribution in [0.25, 0.3) is 0 Å². The van der Waals surface area contributed by atoms with Crippen LogP contribution in [0.5, 0.6) is 0 Å². The molecule has 0 aromatic carbocycles. The molecule has 0 aliphatic heterocycles. The molecule has 0 bridgehead atoms. The summed E-state index contributed by atoms with van der Waals surface area (Å²) in [5.41, 5.74) is 0.383. The first kappa shape index (κ1) is 13.9. The normalized spacial score (nSPS) is 11.7. The van der Waals surface area contributed by atoms with Crippen molar-refractivity contribution < 1.29 is 14.3 Å². The highest BCUT2D eigenvalue weighted by molar-refractivity contribution is 9.10. The van der Waals surface area contributed by atoms with Crippen molar-refractivity contribution in [2.75, 3.05) is 13.7 Å². The molecule has 0 spiro atoms. The van der Waals surface area contributed by atoms with E-state index >= 15 is 0 Å². The number of pyridine rings is 1. The van der Waals surface area contributed by atoms with Gasteiger partial charge in [-0.25, -0.2) is 0 Å². The Morgan fingerprint density at radius 3 is 2.88 bits per heavy atom. The van der Waals surface area contributed by atoms with E-state index in [2.05, 4.69) is 31.0 Å². The van der Waals surface area contributed by atoms with Gasteiger partial charge >= 0.3 is 5.97 Å². The van der Waals surface area contributed by atoms with Gasteiger partial charge in [0.15, 0.2) is 0 Å². The second kappa shape index (κ2) is 6.56. The maximum Gasteiger partial charge on any atom is 0.325 e. The molecule has 0 saturated heterocycles. The molecule has 1 unspecified atom stereocenters. The SMILES string of the molecule is COC(=O)C(Cl)CNC(=O)c1cncc(Br)c1. The van der Waals surface area contributed by atoms with Crippen LogP contribution in [-0.4, -0.2) is 35.9 Å². The molecule has 1 aromatic heterocycles. The lowest BCUT2D eigenvalue weighted by molar-refractivity contribution is -0.140. The van der Waals surface area contributed by atoms with Gasteiger partial charge in [0, 0.05) is 23.4 Å². The molecule has 0 radical (unpaired) electrons. The average molecular weight is 322 g/mol. The first-order valence-electron chi connectivity index (χ1n) is 4.65. The summed E-state index contributed by atoms with van der Waals surface area (Å²) in [6.07, 6.45) is 2.98. The third kappa shape index (κ3) is 4.32. The Balaban J connectivity index is 2.53. The van der Waals surface area contributed by atoms with Crippen LogP contribution in [0.4, 0.5) is 0 Å². The number of ether oxygens (including phenoxy) is 1. The number of methoxy groups -OCH3 is 1.